The standard InChI is InChI=1S/C24H30ClN9O3S/c1-26-13-20-7-4-8-34(20)22(35)16-33-15-19(12-29-33)31-24-28-14-21(25)23(32-24)27-10-17-5-3-6-18(9-17)11-30-38(2,36)37/h3,5-6,9,12-15,20,30H,4,7-8,10-11,16H2,1-2H3,(H2,27,28,31,32)/t20-/m1/s1. The van der Waals surface area contributed by atoms with Crippen LogP contribution >= 0.6 is 11.6 Å². The highest BCUT2D eigenvalue weighted by atomic mass is 35.5. The number of halogens is 1. The number of carbonyl (C=O) groups excluding carboxylic acids is 1. The van der Waals surface area contributed by atoms with E-state index in [1.165, 1.54) is 6.20 Å². The molecule has 202 valence electrons. The highest BCUT2D eigenvalue weighted by molar-refractivity contribution is 7.88. The molecule has 3 N–H and O–H groups in total. The highest BCUT2D eigenvalue weighted by Crippen LogP contribution is 2.22. The fourth-order valence-electron chi connectivity index (χ4n) is 4.10. The van der Waals surface area contributed by atoms with Crippen molar-refractivity contribution >= 4 is 51.2 Å². The number of nitrogens with zero attached hydrogens (tertiary/aromatic N) is 6. The zero-order chi connectivity index (χ0) is 27.1. The summed E-state index contributed by atoms with van der Waals surface area (Å²) in [6, 6.07) is 7.56. The van der Waals surface area contributed by atoms with Crippen molar-refractivity contribution in [2.45, 2.75) is 38.5 Å². The second-order valence-corrected chi connectivity index (χ2v) is 11.2. The van der Waals surface area contributed by atoms with Crippen LogP contribution < -0.4 is 15.4 Å². The molecule has 1 atom stereocenters. The molecule has 3 heterocycles. The number of rotatable bonds is 11. The van der Waals surface area contributed by atoms with Gasteiger partial charge >= 0.3 is 0 Å². The number of carbonyl (C=O) groups is 1. The summed E-state index contributed by atoms with van der Waals surface area (Å²) in [5, 5.41) is 10.9. The van der Waals surface area contributed by atoms with Gasteiger partial charge < -0.3 is 15.5 Å². The minimum atomic E-state index is -3.28. The van der Waals surface area contributed by atoms with Crippen LogP contribution in [0.1, 0.15) is 24.0 Å². The summed E-state index contributed by atoms with van der Waals surface area (Å²) in [7, 11) is -1.56. The summed E-state index contributed by atoms with van der Waals surface area (Å²) in [5.41, 5.74) is 2.39. The van der Waals surface area contributed by atoms with Crippen molar-refractivity contribution in [1.82, 2.24) is 29.4 Å². The summed E-state index contributed by atoms with van der Waals surface area (Å²) >= 11 is 6.29. The lowest BCUT2D eigenvalue weighted by Gasteiger charge is -2.21. The Labute approximate surface area is 226 Å². The Morgan fingerprint density at radius 2 is 2.05 bits per heavy atom. The molecule has 1 fully saturated rings. The molecule has 0 spiro atoms. The number of benzene rings is 1. The number of hydrogen-bond donors (Lipinski definition) is 3. The van der Waals surface area contributed by atoms with Crippen molar-refractivity contribution in [2.24, 2.45) is 4.99 Å². The molecule has 1 aromatic carbocycles. The predicted molar refractivity (Wildman–Crippen MR) is 147 cm³/mol. The van der Waals surface area contributed by atoms with Gasteiger partial charge in [0.2, 0.25) is 21.9 Å². The average molecular weight is 560 g/mol. The van der Waals surface area contributed by atoms with Crippen molar-refractivity contribution in [3.05, 3.63) is 59.0 Å². The van der Waals surface area contributed by atoms with E-state index in [1.54, 1.807) is 24.1 Å². The van der Waals surface area contributed by atoms with E-state index in [4.69, 9.17) is 11.6 Å². The van der Waals surface area contributed by atoms with Crippen LogP contribution in [0.25, 0.3) is 0 Å². The number of likely N-dealkylation sites (tertiary alicyclic amines) is 1. The molecule has 3 aromatic rings. The van der Waals surface area contributed by atoms with Gasteiger partial charge in [0.25, 0.3) is 0 Å². The van der Waals surface area contributed by atoms with E-state index in [0.717, 1.165) is 36.8 Å². The molecule has 0 bridgehead atoms. The van der Waals surface area contributed by atoms with Crippen LogP contribution in [0.4, 0.5) is 17.5 Å². The number of hydrogen-bond acceptors (Lipinski definition) is 9. The van der Waals surface area contributed by atoms with Gasteiger partial charge in [0.15, 0.2) is 5.82 Å². The zero-order valence-electron chi connectivity index (χ0n) is 21.1. The number of amides is 1. The lowest BCUT2D eigenvalue weighted by atomic mass is 10.1. The van der Waals surface area contributed by atoms with Gasteiger partial charge in [0.05, 0.1) is 30.4 Å². The van der Waals surface area contributed by atoms with Gasteiger partial charge in [-0.25, -0.2) is 18.1 Å². The molecule has 1 aliphatic rings. The van der Waals surface area contributed by atoms with Crippen LogP contribution in [0.5, 0.6) is 0 Å². The Morgan fingerprint density at radius 3 is 2.82 bits per heavy atom. The molecule has 14 heteroatoms. The Bertz CT molecular complexity index is 1410. The Kier molecular flexibility index (Phi) is 8.92. The summed E-state index contributed by atoms with van der Waals surface area (Å²) in [6.07, 6.45) is 9.63. The molecule has 1 amide bonds. The van der Waals surface area contributed by atoms with E-state index in [1.807, 2.05) is 35.4 Å². The molecular formula is C24H30ClN9O3S. The molecule has 0 aliphatic carbocycles. The first-order chi connectivity index (χ1) is 18.2. The van der Waals surface area contributed by atoms with Gasteiger partial charge in [-0.05, 0) is 24.0 Å². The van der Waals surface area contributed by atoms with Crippen molar-refractivity contribution in [3.8, 4) is 0 Å². The summed E-state index contributed by atoms with van der Waals surface area (Å²) in [6.45, 7) is 1.48. The lowest BCUT2D eigenvalue weighted by molar-refractivity contribution is -0.131. The Morgan fingerprint density at radius 1 is 1.26 bits per heavy atom. The zero-order valence-corrected chi connectivity index (χ0v) is 22.7. The first-order valence-electron chi connectivity index (χ1n) is 12.0. The van der Waals surface area contributed by atoms with Gasteiger partial charge in [-0.2, -0.15) is 10.1 Å². The highest BCUT2D eigenvalue weighted by Gasteiger charge is 2.27. The maximum atomic E-state index is 12.7. The number of aromatic nitrogens is 4. The molecule has 0 unspecified atom stereocenters. The van der Waals surface area contributed by atoms with Crippen molar-refractivity contribution in [3.63, 3.8) is 0 Å². The predicted octanol–water partition coefficient (Wildman–Crippen LogP) is 2.42. The van der Waals surface area contributed by atoms with Gasteiger partial charge in [-0.1, -0.05) is 35.9 Å². The largest absolute Gasteiger partial charge is 0.365 e. The van der Waals surface area contributed by atoms with Crippen LogP contribution in [0.3, 0.4) is 0 Å². The quantitative estimate of drug-likeness (QED) is 0.304. The fraction of sp³-hybridized carbons (Fsp3) is 0.375. The topological polar surface area (TPSA) is 146 Å². The van der Waals surface area contributed by atoms with Gasteiger partial charge in [0, 0.05) is 39.1 Å². The summed E-state index contributed by atoms with van der Waals surface area (Å²) in [5.74, 6) is 0.740. The first-order valence-corrected chi connectivity index (χ1v) is 14.3. The molecular weight excluding hydrogens is 530 g/mol. The molecule has 2 aromatic heterocycles. The normalized spacial score (nSPS) is 15.8. The van der Waals surface area contributed by atoms with Crippen LogP contribution in [0, 0.1) is 0 Å². The molecule has 4 rings (SSSR count). The minimum Gasteiger partial charge on any atom is -0.365 e. The average Bonchev–Trinajstić information content (AvgIpc) is 3.52. The molecule has 12 nitrogen and oxygen atoms in total. The van der Waals surface area contributed by atoms with E-state index in [2.05, 4.69) is 35.4 Å². The third-order valence-electron chi connectivity index (χ3n) is 5.86. The summed E-state index contributed by atoms with van der Waals surface area (Å²) in [4.78, 5) is 27.3. The Balaban J connectivity index is 1.35. The van der Waals surface area contributed by atoms with Crippen LogP contribution in [-0.2, 0) is 34.5 Å². The van der Waals surface area contributed by atoms with E-state index in [9.17, 15) is 13.2 Å². The number of anilines is 3. The van der Waals surface area contributed by atoms with E-state index in [-0.39, 0.29) is 25.0 Å². The van der Waals surface area contributed by atoms with Crippen molar-refractivity contribution in [1.29, 1.82) is 0 Å². The van der Waals surface area contributed by atoms with Gasteiger partial charge in [0.1, 0.15) is 11.6 Å². The second-order valence-electron chi connectivity index (χ2n) is 8.91. The van der Waals surface area contributed by atoms with Crippen molar-refractivity contribution in [2.75, 3.05) is 30.5 Å². The summed E-state index contributed by atoms with van der Waals surface area (Å²) < 4.78 is 26.8. The second kappa shape index (κ2) is 12.3. The molecule has 1 aliphatic heterocycles. The number of aliphatic imine (C=N–C) groups is 1. The number of sulfonamides is 1. The van der Waals surface area contributed by atoms with Gasteiger partial charge in [-0.3, -0.25) is 14.5 Å². The third-order valence-corrected chi connectivity index (χ3v) is 6.81. The molecule has 0 radical (unpaired) electrons. The van der Waals surface area contributed by atoms with Crippen LogP contribution in [0.2, 0.25) is 5.02 Å². The third kappa shape index (κ3) is 7.73. The van der Waals surface area contributed by atoms with Crippen LogP contribution in [0.15, 0.2) is 47.8 Å². The maximum Gasteiger partial charge on any atom is 0.244 e. The van der Waals surface area contributed by atoms with E-state index >= 15 is 0 Å². The fourth-order valence-corrected chi connectivity index (χ4v) is 4.69. The van der Waals surface area contributed by atoms with Gasteiger partial charge in [-0.15, -0.1) is 0 Å². The Hall–Kier alpha value is -3.55. The minimum absolute atomic E-state index is 0.00699. The lowest BCUT2D eigenvalue weighted by Crippen LogP contribution is -2.38. The van der Waals surface area contributed by atoms with E-state index in [0.29, 0.717) is 29.0 Å². The van der Waals surface area contributed by atoms with Crippen molar-refractivity contribution < 1.29 is 13.2 Å². The first kappa shape index (κ1) is 27.5. The maximum absolute atomic E-state index is 12.7. The molecule has 38 heavy (non-hydrogen) atoms. The number of nitrogens with one attached hydrogen (secondary N) is 3. The van der Waals surface area contributed by atoms with E-state index < -0.39 is 10.0 Å². The molecule has 0 saturated carbocycles. The molecule has 1 saturated heterocycles. The van der Waals surface area contributed by atoms with Crippen LogP contribution in [-0.4, -0.2) is 71.1 Å². The monoisotopic (exact) mass is 559 g/mol. The SMILES string of the molecule is CN=C[C@H]1CCCN1C(=O)Cn1cc(Nc2ncc(Cl)c(NCc3cccc(CNS(C)(=O)=O)c3)n2)cn1. The smallest absolute Gasteiger partial charge is 0.244 e.